The van der Waals surface area contributed by atoms with Crippen LogP contribution in [0.5, 0.6) is 0 Å². The van der Waals surface area contributed by atoms with Crippen LogP contribution in [0.25, 0.3) is 0 Å². The van der Waals surface area contributed by atoms with Crippen molar-refractivity contribution in [2.75, 3.05) is 19.0 Å². The Morgan fingerprint density at radius 3 is 2.78 bits per heavy atom. The van der Waals surface area contributed by atoms with Gasteiger partial charge in [0.2, 0.25) is 0 Å². The fraction of sp³-hybridized carbons (Fsp3) is 0.538. The van der Waals surface area contributed by atoms with Gasteiger partial charge >= 0.3 is 0 Å². The maximum atomic E-state index is 6.03. The van der Waals surface area contributed by atoms with E-state index in [4.69, 9.17) is 39.5 Å². The number of benzene rings is 1. The summed E-state index contributed by atoms with van der Waals surface area (Å²) in [4.78, 5) is 2.36. The number of alkyl halides is 1. The van der Waals surface area contributed by atoms with Gasteiger partial charge in [0.05, 0.1) is 22.8 Å². The van der Waals surface area contributed by atoms with E-state index in [1.165, 1.54) is 0 Å². The Bertz CT molecular complexity index is 413. The van der Waals surface area contributed by atoms with Crippen LogP contribution in [0.1, 0.15) is 12.5 Å². The molecule has 1 aliphatic heterocycles. The van der Waals surface area contributed by atoms with E-state index >= 15 is 0 Å². The van der Waals surface area contributed by atoms with Crippen molar-refractivity contribution in [3.05, 3.63) is 33.8 Å². The quantitative estimate of drug-likeness (QED) is 0.787. The van der Waals surface area contributed by atoms with E-state index in [9.17, 15) is 0 Å². The summed E-state index contributed by atoms with van der Waals surface area (Å²) >= 11 is 17.8. The average Bonchev–Trinajstić information content (AvgIpc) is 2.36. The minimum absolute atomic E-state index is 0.116. The van der Waals surface area contributed by atoms with Crippen LogP contribution in [0.2, 0.25) is 10.0 Å². The summed E-state index contributed by atoms with van der Waals surface area (Å²) in [7, 11) is 0. The highest BCUT2D eigenvalue weighted by Gasteiger charge is 2.25. The molecule has 2 rings (SSSR count). The number of morpholine rings is 1. The first kappa shape index (κ1) is 14.4. The first-order valence-corrected chi connectivity index (χ1v) is 7.24. The normalized spacial score (nSPS) is 25.3. The molecule has 1 heterocycles. The smallest absolute Gasteiger partial charge is 0.0838 e. The molecule has 2 nitrogen and oxygen atoms in total. The first-order valence-electron chi connectivity index (χ1n) is 5.95. The summed E-state index contributed by atoms with van der Waals surface area (Å²) in [6.45, 7) is 4.57. The number of rotatable bonds is 3. The Morgan fingerprint density at radius 2 is 2.11 bits per heavy atom. The lowest BCUT2D eigenvalue weighted by molar-refractivity contribution is -0.0510. The van der Waals surface area contributed by atoms with Gasteiger partial charge < -0.3 is 4.74 Å². The van der Waals surface area contributed by atoms with E-state index in [1.54, 1.807) is 0 Å². The van der Waals surface area contributed by atoms with Crippen molar-refractivity contribution in [2.24, 2.45) is 0 Å². The van der Waals surface area contributed by atoms with Gasteiger partial charge in [0, 0.05) is 25.0 Å². The summed E-state index contributed by atoms with van der Waals surface area (Å²) in [6, 6.07) is 6.15. The zero-order chi connectivity index (χ0) is 13.1. The van der Waals surface area contributed by atoms with Gasteiger partial charge in [0.25, 0.3) is 0 Å². The maximum Gasteiger partial charge on any atom is 0.0838 e. The zero-order valence-electron chi connectivity index (χ0n) is 10.2. The van der Waals surface area contributed by atoms with Crippen molar-refractivity contribution in [3.8, 4) is 0 Å². The van der Waals surface area contributed by atoms with Gasteiger partial charge in [-0.25, -0.2) is 0 Å². The molecule has 2 unspecified atom stereocenters. The van der Waals surface area contributed by atoms with Gasteiger partial charge in [0.15, 0.2) is 0 Å². The second-order valence-electron chi connectivity index (χ2n) is 4.64. The number of halogens is 3. The maximum absolute atomic E-state index is 6.03. The molecular weight excluding hydrogens is 293 g/mol. The van der Waals surface area contributed by atoms with Crippen molar-refractivity contribution < 1.29 is 4.74 Å². The number of ether oxygens (including phenoxy) is 1. The molecule has 0 aromatic heterocycles. The minimum atomic E-state index is 0.116. The third-order valence-electron chi connectivity index (χ3n) is 3.18. The number of hydrogen-bond acceptors (Lipinski definition) is 2. The SMILES string of the molecule is CC1COC(CCl)CN1Cc1ccc(Cl)c(Cl)c1. The largest absolute Gasteiger partial charge is 0.374 e. The highest BCUT2D eigenvalue weighted by molar-refractivity contribution is 6.42. The average molecular weight is 309 g/mol. The third-order valence-corrected chi connectivity index (χ3v) is 4.26. The molecule has 0 amide bonds. The molecule has 1 aromatic rings. The molecule has 0 bridgehead atoms. The summed E-state index contributed by atoms with van der Waals surface area (Å²) in [5, 5.41) is 1.19. The van der Waals surface area contributed by atoms with Gasteiger partial charge in [-0.2, -0.15) is 0 Å². The predicted octanol–water partition coefficient (Wildman–Crippen LogP) is 3.82. The highest BCUT2D eigenvalue weighted by Crippen LogP contribution is 2.24. The Balaban J connectivity index is 2.04. The van der Waals surface area contributed by atoms with E-state index in [1.807, 2.05) is 18.2 Å². The Labute approximate surface area is 123 Å². The van der Waals surface area contributed by atoms with E-state index in [-0.39, 0.29) is 6.10 Å². The second-order valence-corrected chi connectivity index (χ2v) is 5.76. The third kappa shape index (κ3) is 3.52. The summed E-state index contributed by atoms with van der Waals surface area (Å²) < 4.78 is 5.63. The van der Waals surface area contributed by atoms with E-state index in [0.29, 0.717) is 22.0 Å². The minimum Gasteiger partial charge on any atom is -0.374 e. The summed E-state index contributed by atoms with van der Waals surface area (Å²) in [5.41, 5.74) is 1.16. The van der Waals surface area contributed by atoms with Crippen LogP contribution in [0, 0.1) is 0 Å². The van der Waals surface area contributed by atoms with Crippen LogP contribution in [0.15, 0.2) is 18.2 Å². The summed E-state index contributed by atoms with van der Waals surface area (Å²) in [5.74, 6) is 0.532. The number of hydrogen-bond donors (Lipinski definition) is 0. The van der Waals surface area contributed by atoms with Gasteiger partial charge in [-0.05, 0) is 24.6 Å². The molecule has 1 aliphatic rings. The topological polar surface area (TPSA) is 12.5 Å². The highest BCUT2D eigenvalue weighted by atomic mass is 35.5. The van der Waals surface area contributed by atoms with Gasteiger partial charge in [-0.1, -0.05) is 29.3 Å². The lowest BCUT2D eigenvalue weighted by atomic mass is 10.1. The lowest BCUT2D eigenvalue weighted by Crippen LogP contribution is -2.48. The monoisotopic (exact) mass is 307 g/mol. The molecule has 1 fully saturated rings. The molecule has 18 heavy (non-hydrogen) atoms. The van der Waals surface area contributed by atoms with Crippen molar-refractivity contribution in [1.29, 1.82) is 0 Å². The van der Waals surface area contributed by atoms with Crippen LogP contribution in [0.4, 0.5) is 0 Å². The fourth-order valence-electron chi connectivity index (χ4n) is 2.06. The molecule has 5 heteroatoms. The standard InChI is InChI=1S/C13H16Cl3NO/c1-9-8-18-11(5-14)7-17(9)6-10-2-3-12(15)13(16)4-10/h2-4,9,11H,5-8H2,1H3. The van der Waals surface area contributed by atoms with Crippen LogP contribution < -0.4 is 0 Å². The van der Waals surface area contributed by atoms with Crippen molar-refractivity contribution in [3.63, 3.8) is 0 Å². The molecule has 2 atom stereocenters. The molecule has 0 saturated carbocycles. The molecule has 0 spiro atoms. The van der Waals surface area contributed by atoms with Gasteiger partial charge in [0.1, 0.15) is 0 Å². The van der Waals surface area contributed by atoms with Crippen molar-refractivity contribution in [1.82, 2.24) is 4.90 Å². The molecule has 0 aliphatic carbocycles. The van der Waals surface area contributed by atoms with Gasteiger partial charge in [-0.3, -0.25) is 4.90 Å². The van der Waals surface area contributed by atoms with Gasteiger partial charge in [-0.15, -0.1) is 11.6 Å². The molecule has 1 saturated heterocycles. The van der Waals surface area contributed by atoms with E-state index in [0.717, 1.165) is 25.3 Å². The van der Waals surface area contributed by atoms with Crippen LogP contribution in [-0.4, -0.2) is 36.1 Å². The van der Waals surface area contributed by atoms with E-state index in [2.05, 4.69) is 11.8 Å². The molecule has 1 aromatic carbocycles. The zero-order valence-corrected chi connectivity index (χ0v) is 12.5. The first-order chi connectivity index (χ1) is 8.60. The Hall–Kier alpha value is 0.01000. The summed E-state index contributed by atoms with van der Waals surface area (Å²) in [6.07, 6.45) is 0.116. The predicted molar refractivity (Wildman–Crippen MR) is 76.8 cm³/mol. The van der Waals surface area contributed by atoms with Crippen LogP contribution in [0.3, 0.4) is 0 Å². The number of nitrogens with zero attached hydrogens (tertiary/aromatic N) is 1. The van der Waals surface area contributed by atoms with Crippen molar-refractivity contribution >= 4 is 34.8 Å². The van der Waals surface area contributed by atoms with Crippen LogP contribution >= 0.6 is 34.8 Å². The molecule has 100 valence electrons. The lowest BCUT2D eigenvalue weighted by Gasteiger charge is -2.37. The van der Waals surface area contributed by atoms with Crippen molar-refractivity contribution in [2.45, 2.75) is 25.6 Å². The second kappa shape index (κ2) is 6.44. The Kier molecular flexibility index (Phi) is 5.16. The Morgan fingerprint density at radius 1 is 1.33 bits per heavy atom. The van der Waals surface area contributed by atoms with E-state index < -0.39 is 0 Å². The fourth-order valence-corrected chi connectivity index (χ4v) is 2.57. The molecule has 0 radical (unpaired) electrons. The molecular formula is C13H16Cl3NO. The molecule has 0 N–H and O–H groups in total. The van der Waals surface area contributed by atoms with Crippen LogP contribution in [-0.2, 0) is 11.3 Å².